The van der Waals surface area contributed by atoms with E-state index in [0.29, 0.717) is 12.6 Å². The Morgan fingerprint density at radius 3 is 2.33 bits per heavy atom. The van der Waals surface area contributed by atoms with Crippen molar-refractivity contribution in [2.24, 2.45) is 0 Å². The van der Waals surface area contributed by atoms with Crippen LogP contribution in [-0.4, -0.2) is 29.4 Å². The van der Waals surface area contributed by atoms with E-state index in [-0.39, 0.29) is 0 Å². The highest BCUT2D eigenvalue weighted by molar-refractivity contribution is 8.01. The molecule has 0 unspecified atom stereocenters. The van der Waals surface area contributed by atoms with Crippen molar-refractivity contribution in [1.29, 1.82) is 0 Å². The summed E-state index contributed by atoms with van der Waals surface area (Å²) < 4.78 is 12.3. The predicted octanol–water partition coefficient (Wildman–Crippen LogP) is 6.33. The molecule has 0 spiro atoms. The number of rotatable bonds is 16. The van der Waals surface area contributed by atoms with Crippen LogP contribution in [0.15, 0.2) is 16.7 Å². The van der Waals surface area contributed by atoms with E-state index in [1.54, 1.807) is 11.3 Å². The van der Waals surface area contributed by atoms with Crippen LogP contribution in [0, 0.1) is 3.95 Å². The monoisotopic (exact) mass is 390 g/mol. The summed E-state index contributed by atoms with van der Waals surface area (Å²) in [6.07, 6.45) is 11.7. The second-order valence-electron chi connectivity index (χ2n) is 5.78. The minimum absolute atomic E-state index is 0.336. The number of hydrogen-bond donors (Lipinski definition) is 1. The molecule has 0 aromatic carbocycles. The standard InChI is InChI=1S/C17H30N2O2S3/c1-15(2)21-14-20-12-10-8-6-4-3-5-7-9-11-13-23-17-19-18-16(22)24-17/h1,3-14H2,2H3,(H,18,22). The fourth-order valence-corrected chi connectivity index (χ4v) is 4.33. The van der Waals surface area contributed by atoms with Gasteiger partial charge in [-0.25, -0.2) is 0 Å². The summed E-state index contributed by atoms with van der Waals surface area (Å²) in [6, 6.07) is 0. The van der Waals surface area contributed by atoms with Gasteiger partial charge in [-0.15, -0.1) is 0 Å². The van der Waals surface area contributed by atoms with Crippen molar-refractivity contribution < 1.29 is 9.47 Å². The molecule has 1 N–H and O–H groups in total. The second-order valence-corrected chi connectivity index (χ2v) is 8.79. The van der Waals surface area contributed by atoms with Crippen molar-refractivity contribution in [3.05, 3.63) is 16.3 Å². The van der Waals surface area contributed by atoms with Gasteiger partial charge < -0.3 is 9.47 Å². The highest BCUT2D eigenvalue weighted by Crippen LogP contribution is 2.22. The first-order valence-electron chi connectivity index (χ1n) is 8.73. The van der Waals surface area contributed by atoms with Gasteiger partial charge in [-0.3, -0.25) is 5.10 Å². The summed E-state index contributed by atoms with van der Waals surface area (Å²) in [5.41, 5.74) is 0. The Morgan fingerprint density at radius 2 is 1.75 bits per heavy atom. The third-order valence-corrected chi connectivity index (χ3v) is 5.78. The number of thioether (sulfide) groups is 1. The molecule has 4 nitrogen and oxygen atoms in total. The van der Waals surface area contributed by atoms with Gasteiger partial charge in [-0.2, -0.15) is 5.10 Å². The van der Waals surface area contributed by atoms with Gasteiger partial charge in [0, 0.05) is 5.75 Å². The van der Waals surface area contributed by atoms with Gasteiger partial charge in [0.2, 0.25) is 0 Å². The summed E-state index contributed by atoms with van der Waals surface area (Å²) in [4.78, 5) is 0. The number of aromatic amines is 1. The van der Waals surface area contributed by atoms with E-state index in [9.17, 15) is 0 Å². The van der Waals surface area contributed by atoms with E-state index in [1.165, 1.54) is 51.4 Å². The van der Waals surface area contributed by atoms with Crippen LogP contribution in [0.5, 0.6) is 0 Å². The van der Waals surface area contributed by atoms with Crippen LogP contribution >= 0.6 is 35.3 Å². The minimum Gasteiger partial charge on any atom is -0.473 e. The number of unbranched alkanes of at least 4 members (excludes halogenated alkanes) is 8. The Kier molecular flexibility index (Phi) is 13.5. The van der Waals surface area contributed by atoms with Crippen molar-refractivity contribution in [2.75, 3.05) is 19.2 Å². The molecule has 138 valence electrons. The van der Waals surface area contributed by atoms with Crippen molar-refractivity contribution in [1.82, 2.24) is 10.2 Å². The Hall–Kier alpha value is -0.370. The Morgan fingerprint density at radius 1 is 1.12 bits per heavy atom. The molecular formula is C17H30N2O2S3. The van der Waals surface area contributed by atoms with Crippen LogP contribution in [0.4, 0.5) is 0 Å². The zero-order chi connectivity index (χ0) is 17.5. The molecule has 0 bridgehead atoms. The average Bonchev–Trinajstić information content (AvgIpc) is 2.96. The maximum Gasteiger partial charge on any atom is 0.188 e. The zero-order valence-corrected chi connectivity index (χ0v) is 17.1. The highest BCUT2D eigenvalue weighted by Gasteiger charge is 1.98. The van der Waals surface area contributed by atoms with Gasteiger partial charge in [-0.05, 0) is 32.0 Å². The first-order valence-corrected chi connectivity index (χ1v) is 10.9. The van der Waals surface area contributed by atoms with E-state index in [4.69, 9.17) is 21.7 Å². The third kappa shape index (κ3) is 13.0. The lowest BCUT2D eigenvalue weighted by molar-refractivity contribution is -0.0234. The molecule has 24 heavy (non-hydrogen) atoms. The third-order valence-electron chi connectivity index (χ3n) is 3.47. The van der Waals surface area contributed by atoms with Gasteiger partial charge in [-0.1, -0.05) is 74.6 Å². The molecule has 0 saturated carbocycles. The van der Waals surface area contributed by atoms with E-state index in [1.807, 2.05) is 18.7 Å². The zero-order valence-electron chi connectivity index (χ0n) is 14.7. The summed E-state index contributed by atoms with van der Waals surface area (Å²) in [6.45, 7) is 6.61. The molecule has 0 amide bonds. The highest BCUT2D eigenvalue weighted by atomic mass is 32.2. The molecule has 7 heteroatoms. The second kappa shape index (κ2) is 14.9. The molecule has 1 aromatic rings. The Labute approximate surface area is 159 Å². The van der Waals surface area contributed by atoms with Crippen LogP contribution in [0.2, 0.25) is 0 Å². The van der Waals surface area contributed by atoms with Crippen molar-refractivity contribution in [2.45, 2.75) is 69.1 Å². The average molecular weight is 391 g/mol. The van der Waals surface area contributed by atoms with E-state index in [2.05, 4.69) is 16.8 Å². The molecular weight excluding hydrogens is 360 g/mol. The van der Waals surface area contributed by atoms with E-state index < -0.39 is 0 Å². The lowest BCUT2D eigenvalue weighted by atomic mass is 10.1. The topological polar surface area (TPSA) is 47.1 Å². The molecule has 0 aliphatic heterocycles. The molecule has 0 fully saturated rings. The van der Waals surface area contributed by atoms with Crippen molar-refractivity contribution in [3.8, 4) is 0 Å². The Bertz CT molecular complexity index is 488. The first-order chi connectivity index (χ1) is 11.7. The molecule has 1 heterocycles. The first kappa shape index (κ1) is 21.7. The number of allylic oxidation sites excluding steroid dienone is 1. The molecule has 0 atom stereocenters. The quantitative estimate of drug-likeness (QED) is 0.117. The fourth-order valence-electron chi connectivity index (χ4n) is 2.18. The SMILES string of the molecule is C=C(C)OCOCCCCCCCCCCCSc1n[nH]c(=S)s1. The van der Waals surface area contributed by atoms with Crippen LogP contribution in [0.25, 0.3) is 0 Å². The smallest absolute Gasteiger partial charge is 0.188 e. The maximum absolute atomic E-state index is 5.36. The van der Waals surface area contributed by atoms with Gasteiger partial charge in [0.1, 0.15) is 0 Å². The molecule has 0 aliphatic carbocycles. The Balaban J connectivity index is 1.73. The van der Waals surface area contributed by atoms with Crippen LogP contribution in [0.1, 0.15) is 64.7 Å². The number of hydrogen-bond acceptors (Lipinski definition) is 6. The summed E-state index contributed by atoms with van der Waals surface area (Å²) in [7, 11) is 0. The van der Waals surface area contributed by atoms with Gasteiger partial charge in [0.25, 0.3) is 0 Å². The number of H-pyrrole nitrogens is 1. The molecule has 1 rings (SSSR count). The lowest BCUT2D eigenvalue weighted by Gasteiger charge is -2.06. The summed E-state index contributed by atoms with van der Waals surface area (Å²) in [5, 5.41) is 6.97. The number of ether oxygens (including phenoxy) is 2. The van der Waals surface area contributed by atoms with Gasteiger partial charge in [0.05, 0.1) is 12.4 Å². The molecule has 1 aromatic heterocycles. The van der Waals surface area contributed by atoms with Crippen LogP contribution in [-0.2, 0) is 9.47 Å². The normalized spacial score (nSPS) is 10.9. The maximum atomic E-state index is 5.36. The summed E-state index contributed by atoms with van der Waals surface area (Å²) in [5.74, 6) is 1.85. The molecule has 0 saturated heterocycles. The fraction of sp³-hybridized carbons (Fsp3) is 0.765. The number of aromatic nitrogens is 2. The lowest BCUT2D eigenvalue weighted by Crippen LogP contribution is -1.99. The van der Waals surface area contributed by atoms with Crippen LogP contribution < -0.4 is 0 Å². The van der Waals surface area contributed by atoms with Gasteiger partial charge >= 0.3 is 0 Å². The number of nitrogens with zero attached hydrogens (tertiary/aromatic N) is 1. The largest absolute Gasteiger partial charge is 0.473 e. The predicted molar refractivity (Wildman–Crippen MR) is 106 cm³/mol. The molecule has 0 aliphatic rings. The van der Waals surface area contributed by atoms with E-state index >= 15 is 0 Å². The molecule has 0 radical (unpaired) electrons. The van der Waals surface area contributed by atoms with Gasteiger partial charge in [0.15, 0.2) is 15.1 Å². The van der Waals surface area contributed by atoms with E-state index in [0.717, 1.165) is 27.1 Å². The van der Waals surface area contributed by atoms with Crippen molar-refractivity contribution in [3.63, 3.8) is 0 Å². The van der Waals surface area contributed by atoms with Crippen LogP contribution in [0.3, 0.4) is 0 Å². The van der Waals surface area contributed by atoms with Crippen molar-refractivity contribution >= 4 is 35.3 Å². The minimum atomic E-state index is 0.336. The number of nitrogens with one attached hydrogen (secondary N) is 1. The summed E-state index contributed by atoms with van der Waals surface area (Å²) >= 11 is 8.40.